The molecule has 126 valence electrons. The summed E-state index contributed by atoms with van der Waals surface area (Å²) in [4.78, 5) is 12.7. The Morgan fingerprint density at radius 1 is 0.840 bits per heavy atom. The summed E-state index contributed by atoms with van der Waals surface area (Å²) in [6.45, 7) is 0.468. The molecule has 1 unspecified atom stereocenters. The summed E-state index contributed by atoms with van der Waals surface area (Å²) < 4.78 is 5.82. The highest BCUT2D eigenvalue weighted by Gasteiger charge is 2.22. The summed E-state index contributed by atoms with van der Waals surface area (Å²) in [7, 11) is 0. The van der Waals surface area contributed by atoms with E-state index in [1.807, 2.05) is 42.5 Å². The average molecular weight is 332 g/mol. The Morgan fingerprint density at radius 3 is 2.16 bits per heavy atom. The van der Waals surface area contributed by atoms with Gasteiger partial charge in [0.05, 0.1) is 12.2 Å². The lowest BCUT2D eigenvalue weighted by molar-refractivity contribution is 0.0743. The second-order valence-electron chi connectivity index (χ2n) is 5.76. The number of carbonyl (C=O) groups excluding carboxylic acids is 1. The lowest BCUT2D eigenvalue weighted by atomic mass is 9.99. The molecule has 3 rings (SSSR count). The third-order valence-corrected chi connectivity index (χ3v) is 4.01. The van der Waals surface area contributed by atoms with Gasteiger partial charge in [-0.15, -0.1) is 0 Å². The lowest BCUT2D eigenvalue weighted by Gasteiger charge is -2.14. The Morgan fingerprint density at radius 2 is 1.44 bits per heavy atom. The Hall–Kier alpha value is -2.91. The van der Waals surface area contributed by atoms with Gasteiger partial charge in [-0.1, -0.05) is 72.8 Å². The van der Waals surface area contributed by atoms with E-state index in [9.17, 15) is 9.90 Å². The van der Waals surface area contributed by atoms with E-state index in [4.69, 9.17) is 4.74 Å². The Bertz CT molecular complexity index is 813. The first kappa shape index (κ1) is 16.9. The first-order chi connectivity index (χ1) is 12.3. The molecule has 0 saturated heterocycles. The number of aliphatic hydroxyl groups is 1. The molecule has 0 bridgehead atoms. The molecule has 0 heterocycles. The van der Waals surface area contributed by atoms with Crippen LogP contribution in [0.15, 0.2) is 84.9 Å². The number of rotatable bonds is 7. The summed E-state index contributed by atoms with van der Waals surface area (Å²) in [5.41, 5.74) is 2.15. The fraction of sp³-hybridized carbons (Fsp3) is 0.136. The van der Waals surface area contributed by atoms with Crippen molar-refractivity contribution in [1.29, 1.82) is 0 Å². The zero-order valence-corrected chi connectivity index (χ0v) is 13.8. The Kier molecular flexibility index (Phi) is 5.60. The molecule has 0 aliphatic carbocycles. The van der Waals surface area contributed by atoms with Gasteiger partial charge in [0.15, 0.2) is 5.78 Å². The zero-order chi connectivity index (χ0) is 17.5. The van der Waals surface area contributed by atoms with Crippen molar-refractivity contribution in [3.8, 4) is 5.75 Å². The maximum absolute atomic E-state index is 12.7. The van der Waals surface area contributed by atoms with Crippen LogP contribution in [0.2, 0.25) is 0 Å². The van der Waals surface area contributed by atoms with Gasteiger partial charge < -0.3 is 9.84 Å². The molecule has 0 fully saturated rings. The van der Waals surface area contributed by atoms with Gasteiger partial charge in [-0.25, -0.2) is 0 Å². The van der Waals surface area contributed by atoms with Crippen LogP contribution in [0, 0.1) is 0 Å². The van der Waals surface area contributed by atoms with Gasteiger partial charge in [0.2, 0.25) is 0 Å². The van der Waals surface area contributed by atoms with Gasteiger partial charge in [0.25, 0.3) is 0 Å². The summed E-state index contributed by atoms with van der Waals surface area (Å²) in [5.74, 6) is 0.139. The van der Waals surface area contributed by atoms with Crippen LogP contribution in [0.4, 0.5) is 0 Å². The van der Waals surface area contributed by atoms with Gasteiger partial charge >= 0.3 is 0 Å². The fourth-order valence-corrected chi connectivity index (χ4v) is 2.65. The van der Waals surface area contributed by atoms with E-state index < -0.39 is 6.10 Å². The Labute approximate surface area is 147 Å². The molecule has 0 amide bonds. The van der Waals surface area contributed by atoms with Crippen LogP contribution < -0.4 is 4.74 Å². The maximum Gasteiger partial charge on any atom is 0.199 e. The first-order valence-electron chi connectivity index (χ1n) is 8.28. The molecular formula is C22H20O3. The summed E-state index contributed by atoms with van der Waals surface area (Å²) in [6, 6.07) is 26.0. The minimum absolute atomic E-state index is 0.360. The van der Waals surface area contributed by atoms with Gasteiger partial charge in [-0.3, -0.25) is 4.79 Å². The molecule has 3 aromatic carbocycles. The lowest BCUT2D eigenvalue weighted by Crippen LogP contribution is -2.14. The smallest absolute Gasteiger partial charge is 0.199 e. The van der Waals surface area contributed by atoms with Crippen LogP contribution in [0.5, 0.6) is 5.75 Å². The zero-order valence-electron chi connectivity index (χ0n) is 13.8. The number of Topliss-reactive ketones (excluding diaryl/α,β-unsaturated/α-hetero) is 1. The van der Waals surface area contributed by atoms with E-state index >= 15 is 0 Å². The molecule has 3 nitrogen and oxygen atoms in total. The summed E-state index contributed by atoms with van der Waals surface area (Å²) in [5, 5.41) is 10.4. The minimum Gasteiger partial charge on any atom is -0.492 e. The van der Waals surface area contributed by atoms with E-state index in [-0.39, 0.29) is 5.78 Å². The van der Waals surface area contributed by atoms with Crippen molar-refractivity contribution >= 4 is 5.78 Å². The van der Waals surface area contributed by atoms with Crippen LogP contribution in [-0.2, 0) is 6.42 Å². The van der Waals surface area contributed by atoms with Crippen LogP contribution in [0.25, 0.3) is 0 Å². The number of ketones is 1. The van der Waals surface area contributed by atoms with E-state index in [2.05, 4.69) is 0 Å². The van der Waals surface area contributed by atoms with E-state index in [1.165, 1.54) is 5.56 Å². The normalized spacial score (nSPS) is 11.7. The molecule has 0 saturated carbocycles. The SMILES string of the molecule is O=C(c1ccccc1OCCc1ccccc1)C(O)c1ccccc1. The summed E-state index contributed by atoms with van der Waals surface area (Å²) >= 11 is 0. The Balaban J connectivity index is 1.71. The second kappa shape index (κ2) is 8.27. The molecule has 0 aromatic heterocycles. The van der Waals surface area contributed by atoms with Crippen molar-refractivity contribution in [2.45, 2.75) is 12.5 Å². The number of carbonyl (C=O) groups is 1. The average Bonchev–Trinajstić information content (AvgIpc) is 2.69. The van der Waals surface area contributed by atoms with E-state index in [0.717, 1.165) is 6.42 Å². The fourth-order valence-electron chi connectivity index (χ4n) is 2.65. The molecule has 0 radical (unpaired) electrons. The number of hydrogen-bond acceptors (Lipinski definition) is 3. The molecule has 1 atom stereocenters. The predicted octanol–water partition coefficient (Wildman–Crippen LogP) is 4.22. The maximum atomic E-state index is 12.7. The van der Waals surface area contributed by atoms with Crippen molar-refractivity contribution in [2.24, 2.45) is 0 Å². The molecule has 3 heteroatoms. The number of benzene rings is 3. The first-order valence-corrected chi connectivity index (χ1v) is 8.28. The van der Waals surface area contributed by atoms with Crippen LogP contribution in [0.3, 0.4) is 0 Å². The third-order valence-electron chi connectivity index (χ3n) is 4.01. The van der Waals surface area contributed by atoms with Crippen molar-refractivity contribution in [2.75, 3.05) is 6.61 Å². The van der Waals surface area contributed by atoms with Crippen LogP contribution in [-0.4, -0.2) is 17.5 Å². The molecule has 3 aromatic rings. The second-order valence-corrected chi connectivity index (χ2v) is 5.76. The van der Waals surface area contributed by atoms with Crippen molar-refractivity contribution in [1.82, 2.24) is 0 Å². The van der Waals surface area contributed by atoms with Crippen molar-refractivity contribution in [3.05, 3.63) is 102 Å². The van der Waals surface area contributed by atoms with Gasteiger partial charge in [0, 0.05) is 6.42 Å². The highest BCUT2D eigenvalue weighted by molar-refractivity contribution is 6.02. The van der Waals surface area contributed by atoms with Gasteiger partial charge in [0.1, 0.15) is 11.9 Å². The topological polar surface area (TPSA) is 46.5 Å². The van der Waals surface area contributed by atoms with Gasteiger partial charge in [-0.05, 0) is 23.3 Å². The standard InChI is InChI=1S/C22H20O3/c23-21(18-11-5-2-6-12-18)22(24)19-13-7-8-14-20(19)25-16-15-17-9-3-1-4-10-17/h1-14,21,23H,15-16H2. The van der Waals surface area contributed by atoms with E-state index in [0.29, 0.717) is 23.5 Å². The number of hydrogen-bond donors (Lipinski definition) is 1. The quantitative estimate of drug-likeness (QED) is 0.659. The molecule has 0 aliphatic heterocycles. The molecule has 0 aliphatic rings. The molecule has 25 heavy (non-hydrogen) atoms. The van der Waals surface area contributed by atoms with Crippen LogP contribution >= 0.6 is 0 Å². The largest absolute Gasteiger partial charge is 0.492 e. The minimum atomic E-state index is -1.19. The molecule has 0 spiro atoms. The third kappa shape index (κ3) is 4.34. The summed E-state index contributed by atoms with van der Waals surface area (Å²) in [6.07, 6.45) is -0.440. The molecular weight excluding hydrogens is 312 g/mol. The van der Waals surface area contributed by atoms with Gasteiger partial charge in [-0.2, -0.15) is 0 Å². The van der Waals surface area contributed by atoms with Crippen LogP contribution in [0.1, 0.15) is 27.6 Å². The number of para-hydroxylation sites is 1. The highest BCUT2D eigenvalue weighted by atomic mass is 16.5. The highest BCUT2D eigenvalue weighted by Crippen LogP contribution is 2.25. The monoisotopic (exact) mass is 332 g/mol. The van der Waals surface area contributed by atoms with E-state index in [1.54, 1.807) is 42.5 Å². The number of aliphatic hydroxyl groups excluding tert-OH is 1. The number of ether oxygens (including phenoxy) is 1. The predicted molar refractivity (Wildman–Crippen MR) is 97.8 cm³/mol. The van der Waals surface area contributed by atoms with Crippen molar-refractivity contribution in [3.63, 3.8) is 0 Å². The molecule has 1 N–H and O–H groups in total. The van der Waals surface area contributed by atoms with Crippen molar-refractivity contribution < 1.29 is 14.6 Å².